The van der Waals surface area contributed by atoms with Crippen LogP contribution in [0.1, 0.15) is 11.1 Å². The van der Waals surface area contributed by atoms with E-state index in [1.54, 1.807) is 0 Å². The molecule has 0 aliphatic carbocycles. The van der Waals surface area contributed by atoms with Crippen molar-refractivity contribution in [3.05, 3.63) is 72.7 Å². The molecule has 0 bridgehead atoms. The molecular formula is C15H8Cl3NO4. The van der Waals surface area contributed by atoms with Gasteiger partial charge in [-0.15, -0.1) is 0 Å². The van der Waals surface area contributed by atoms with E-state index < -0.39 is 10.9 Å². The molecule has 0 spiro atoms. The minimum Gasteiger partial charge on any atom is -0.478 e. The normalized spacial score (nSPS) is 11.3. The minimum absolute atomic E-state index is 0.110. The first-order valence-electron chi connectivity index (χ1n) is 6.14. The molecule has 0 aliphatic rings. The van der Waals surface area contributed by atoms with Crippen LogP contribution in [0.5, 0.6) is 0 Å². The summed E-state index contributed by atoms with van der Waals surface area (Å²) in [5.41, 5.74) is -0.416. The summed E-state index contributed by atoms with van der Waals surface area (Å²) in [6.07, 6.45) is 1.24. The van der Waals surface area contributed by atoms with Crippen molar-refractivity contribution in [1.82, 2.24) is 0 Å². The molecule has 2 aromatic rings. The number of benzene rings is 2. The van der Waals surface area contributed by atoms with Crippen molar-refractivity contribution in [1.29, 1.82) is 0 Å². The lowest BCUT2D eigenvalue weighted by Crippen LogP contribution is -2.03. The van der Waals surface area contributed by atoms with Gasteiger partial charge in [0.15, 0.2) is 0 Å². The van der Waals surface area contributed by atoms with Gasteiger partial charge in [-0.3, -0.25) is 10.1 Å². The quantitative estimate of drug-likeness (QED) is 0.347. The van der Waals surface area contributed by atoms with Gasteiger partial charge in [-0.2, -0.15) is 0 Å². The largest absolute Gasteiger partial charge is 0.478 e. The fourth-order valence-electron chi connectivity index (χ4n) is 1.91. The number of hydrogen-bond donors (Lipinski definition) is 1. The van der Waals surface area contributed by atoms with E-state index >= 15 is 0 Å². The number of halogens is 3. The summed E-state index contributed by atoms with van der Waals surface area (Å²) in [5.74, 6) is -1.35. The summed E-state index contributed by atoms with van der Waals surface area (Å²) in [7, 11) is 0. The Hall–Kier alpha value is -2.08. The minimum atomic E-state index is -1.35. The van der Waals surface area contributed by atoms with Gasteiger partial charge in [-0.1, -0.05) is 40.9 Å². The predicted octanol–water partition coefficient (Wildman–Crippen LogP) is 5.18. The summed E-state index contributed by atoms with van der Waals surface area (Å²) in [6, 6.07) is 8.19. The van der Waals surface area contributed by atoms with E-state index in [0.29, 0.717) is 10.6 Å². The van der Waals surface area contributed by atoms with Gasteiger partial charge < -0.3 is 5.11 Å². The molecule has 5 nitrogen and oxygen atoms in total. The van der Waals surface area contributed by atoms with Crippen LogP contribution in [0.4, 0.5) is 5.69 Å². The maximum Gasteiger partial charge on any atom is 0.336 e. The Morgan fingerprint density at radius 2 is 1.70 bits per heavy atom. The molecule has 1 N–H and O–H groups in total. The molecule has 0 aliphatic heterocycles. The summed E-state index contributed by atoms with van der Waals surface area (Å²) < 4.78 is 0. The van der Waals surface area contributed by atoms with E-state index in [0.717, 1.165) is 6.07 Å². The Morgan fingerprint density at radius 3 is 2.26 bits per heavy atom. The number of carboxylic acids is 1. The molecule has 2 aromatic carbocycles. The van der Waals surface area contributed by atoms with Gasteiger partial charge in [0.05, 0.1) is 16.1 Å². The molecule has 23 heavy (non-hydrogen) atoms. The number of nitro benzene ring substituents is 1. The van der Waals surface area contributed by atoms with Crippen molar-refractivity contribution in [2.75, 3.05) is 0 Å². The molecule has 118 valence electrons. The van der Waals surface area contributed by atoms with Crippen molar-refractivity contribution >= 4 is 58.1 Å². The molecule has 0 radical (unpaired) electrons. The van der Waals surface area contributed by atoms with Crippen LogP contribution in [0.3, 0.4) is 0 Å². The zero-order valence-corrected chi connectivity index (χ0v) is 13.6. The zero-order chi connectivity index (χ0) is 17.1. The molecule has 0 saturated carbocycles. The highest BCUT2D eigenvalue weighted by molar-refractivity contribution is 6.36. The van der Waals surface area contributed by atoms with E-state index in [4.69, 9.17) is 34.8 Å². The Balaban J connectivity index is 2.68. The SMILES string of the molecule is O=C(O)/C(=C\c1ccc(Cl)cc1Cl)c1cc(Cl)ccc1[N+](=O)[O-]. The molecular weight excluding hydrogens is 365 g/mol. The first kappa shape index (κ1) is 17.3. The van der Waals surface area contributed by atoms with Gasteiger partial charge in [0.1, 0.15) is 0 Å². The molecule has 0 aromatic heterocycles. The lowest BCUT2D eigenvalue weighted by Gasteiger charge is -2.06. The van der Waals surface area contributed by atoms with Crippen molar-refractivity contribution in [2.24, 2.45) is 0 Å². The third kappa shape index (κ3) is 4.01. The van der Waals surface area contributed by atoms with Gasteiger partial charge in [0.2, 0.25) is 0 Å². The molecule has 8 heteroatoms. The van der Waals surface area contributed by atoms with Crippen LogP contribution < -0.4 is 0 Å². The Bertz CT molecular complexity index is 833. The third-order valence-electron chi connectivity index (χ3n) is 2.94. The number of nitro groups is 1. The molecule has 0 heterocycles. The van der Waals surface area contributed by atoms with Crippen LogP contribution in [-0.4, -0.2) is 16.0 Å². The van der Waals surface area contributed by atoms with E-state index in [1.807, 2.05) is 0 Å². The highest BCUT2D eigenvalue weighted by Crippen LogP contribution is 2.32. The van der Waals surface area contributed by atoms with Crippen LogP contribution in [0.15, 0.2) is 36.4 Å². The number of hydrogen-bond acceptors (Lipinski definition) is 3. The molecule has 0 atom stereocenters. The lowest BCUT2D eigenvalue weighted by molar-refractivity contribution is -0.385. The lowest BCUT2D eigenvalue weighted by atomic mass is 10.0. The summed E-state index contributed by atoms with van der Waals surface area (Å²) in [5, 5.41) is 21.3. The van der Waals surface area contributed by atoms with Gasteiger partial charge >= 0.3 is 5.97 Å². The number of rotatable bonds is 4. The fourth-order valence-corrected chi connectivity index (χ4v) is 2.55. The van der Waals surface area contributed by atoms with E-state index in [2.05, 4.69) is 0 Å². The van der Waals surface area contributed by atoms with Crippen molar-refractivity contribution in [3.63, 3.8) is 0 Å². The van der Waals surface area contributed by atoms with Crippen LogP contribution in [-0.2, 0) is 4.79 Å². The van der Waals surface area contributed by atoms with Crippen LogP contribution in [0, 0.1) is 10.1 Å². The number of nitrogens with zero attached hydrogens (tertiary/aromatic N) is 1. The van der Waals surface area contributed by atoms with Gasteiger partial charge in [-0.05, 0) is 35.9 Å². The van der Waals surface area contributed by atoms with Crippen molar-refractivity contribution in [3.8, 4) is 0 Å². The highest BCUT2D eigenvalue weighted by Gasteiger charge is 2.22. The summed E-state index contributed by atoms with van der Waals surface area (Å²) >= 11 is 17.6. The topological polar surface area (TPSA) is 80.4 Å². The number of carboxylic acid groups (broad SMARTS) is 1. The second kappa shape index (κ2) is 7.00. The van der Waals surface area contributed by atoms with E-state index in [9.17, 15) is 20.0 Å². The van der Waals surface area contributed by atoms with E-state index in [1.165, 1.54) is 36.4 Å². The smallest absolute Gasteiger partial charge is 0.336 e. The van der Waals surface area contributed by atoms with Crippen LogP contribution in [0.25, 0.3) is 11.6 Å². The van der Waals surface area contributed by atoms with Gasteiger partial charge in [0, 0.05) is 21.1 Å². The summed E-state index contributed by atoms with van der Waals surface area (Å²) in [4.78, 5) is 22.0. The van der Waals surface area contributed by atoms with Crippen LogP contribution in [0.2, 0.25) is 15.1 Å². The van der Waals surface area contributed by atoms with Gasteiger partial charge in [0.25, 0.3) is 5.69 Å². The van der Waals surface area contributed by atoms with Crippen molar-refractivity contribution < 1.29 is 14.8 Å². The molecule has 0 amide bonds. The second-order valence-corrected chi connectivity index (χ2v) is 5.73. The number of aliphatic carboxylic acids is 1. The second-order valence-electron chi connectivity index (χ2n) is 4.45. The maximum absolute atomic E-state index is 11.6. The molecule has 0 unspecified atom stereocenters. The molecule has 0 fully saturated rings. The Labute approximate surface area is 145 Å². The summed E-state index contributed by atoms with van der Waals surface area (Å²) in [6.45, 7) is 0. The Morgan fingerprint density at radius 1 is 1.09 bits per heavy atom. The molecule has 0 saturated heterocycles. The van der Waals surface area contributed by atoms with Gasteiger partial charge in [-0.25, -0.2) is 4.79 Å². The fraction of sp³-hybridized carbons (Fsp3) is 0. The van der Waals surface area contributed by atoms with E-state index in [-0.39, 0.29) is 26.9 Å². The maximum atomic E-state index is 11.6. The number of carbonyl (C=O) groups is 1. The first-order valence-corrected chi connectivity index (χ1v) is 7.27. The van der Waals surface area contributed by atoms with Crippen molar-refractivity contribution in [2.45, 2.75) is 0 Å². The standard InChI is InChI=1S/C15H8Cl3NO4/c16-9-3-4-14(19(22)23)11(6-9)12(15(20)21)5-8-1-2-10(17)7-13(8)18/h1-7H,(H,20,21)/b12-5-. The monoisotopic (exact) mass is 371 g/mol. The predicted molar refractivity (Wildman–Crippen MR) is 90.1 cm³/mol. The van der Waals surface area contributed by atoms with Crippen LogP contribution >= 0.6 is 34.8 Å². The zero-order valence-electron chi connectivity index (χ0n) is 11.3. The average Bonchev–Trinajstić information content (AvgIpc) is 2.45. The highest BCUT2D eigenvalue weighted by atomic mass is 35.5. The average molecular weight is 373 g/mol. The molecule has 2 rings (SSSR count). The Kier molecular flexibility index (Phi) is 5.26. The third-order valence-corrected chi connectivity index (χ3v) is 3.74. The first-order chi connectivity index (χ1) is 10.8.